The van der Waals surface area contributed by atoms with Crippen LogP contribution >= 0.6 is 0 Å². The summed E-state index contributed by atoms with van der Waals surface area (Å²) in [6.07, 6.45) is 5.19. The molecule has 0 atom stereocenters. The van der Waals surface area contributed by atoms with E-state index in [1.165, 1.54) is 6.07 Å². The molecule has 3 N–H and O–H groups in total. The number of rotatable bonds is 6. The van der Waals surface area contributed by atoms with E-state index in [9.17, 15) is 14.7 Å². The van der Waals surface area contributed by atoms with Crippen molar-refractivity contribution in [2.45, 2.75) is 44.7 Å². The SMILES string of the molecule is Cc1cnc(NC2CCC(NC(=O)c3ccccc3C(=O)O)CC2)nc1N(C)C. The van der Waals surface area contributed by atoms with Gasteiger partial charge in [-0.15, -0.1) is 0 Å². The molecule has 1 aromatic heterocycles. The molecule has 3 rings (SSSR count). The first kappa shape index (κ1) is 20.6. The molecule has 8 nitrogen and oxygen atoms in total. The van der Waals surface area contributed by atoms with Crippen molar-refractivity contribution in [3.05, 3.63) is 47.2 Å². The molecule has 29 heavy (non-hydrogen) atoms. The zero-order valence-corrected chi connectivity index (χ0v) is 17.0. The zero-order chi connectivity index (χ0) is 21.0. The second-order valence-corrected chi connectivity index (χ2v) is 7.61. The Kier molecular flexibility index (Phi) is 6.31. The fourth-order valence-electron chi connectivity index (χ4n) is 3.65. The Morgan fingerprint density at radius 2 is 1.69 bits per heavy atom. The van der Waals surface area contributed by atoms with Crippen LogP contribution in [0.5, 0.6) is 0 Å². The van der Waals surface area contributed by atoms with Gasteiger partial charge in [0.15, 0.2) is 0 Å². The maximum Gasteiger partial charge on any atom is 0.336 e. The Labute approximate surface area is 170 Å². The first-order chi connectivity index (χ1) is 13.8. The number of carboxylic acid groups (broad SMARTS) is 1. The number of hydrogen-bond donors (Lipinski definition) is 3. The van der Waals surface area contributed by atoms with Crippen LogP contribution in [0.1, 0.15) is 52.0 Å². The molecule has 154 valence electrons. The predicted octanol–water partition coefficient (Wildman–Crippen LogP) is 2.70. The molecule has 0 spiro atoms. The van der Waals surface area contributed by atoms with E-state index in [4.69, 9.17) is 0 Å². The monoisotopic (exact) mass is 397 g/mol. The van der Waals surface area contributed by atoms with Gasteiger partial charge in [-0.25, -0.2) is 9.78 Å². The van der Waals surface area contributed by atoms with Crippen LogP contribution in [0, 0.1) is 6.92 Å². The highest BCUT2D eigenvalue weighted by Gasteiger charge is 2.25. The van der Waals surface area contributed by atoms with E-state index >= 15 is 0 Å². The van der Waals surface area contributed by atoms with Crippen molar-refractivity contribution in [2.75, 3.05) is 24.3 Å². The number of nitrogens with zero attached hydrogens (tertiary/aromatic N) is 3. The summed E-state index contributed by atoms with van der Waals surface area (Å²) in [5.74, 6) is 0.0680. The number of aryl methyl sites for hydroxylation is 1. The molecule has 0 bridgehead atoms. The maximum absolute atomic E-state index is 12.5. The molecule has 1 amide bonds. The highest BCUT2D eigenvalue weighted by molar-refractivity contribution is 6.04. The van der Waals surface area contributed by atoms with Gasteiger partial charge in [-0.05, 0) is 44.7 Å². The normalized spacial score (nSPS) is 18.7. The predicted molar refractivity (Wildman–Crippen MR) is 112 cm³/mol. The van der Waals surface area contributed by atoms with Gasteiger partial charge in [0.05, 0.1) is 11.1 Å². The summed E-state index contributed by atoms with van der Waals surface area (Å²) < 4.78 is 0. The van der Waals surface area contributed by atoms with Gasteiger partial charge in [0.2, 0.25) is 5.95 Å². The molecule has 0 radical (unpaired) electrons. The molecule has 1 aromatic carbocycles. The molecule has 1 aliphatic rings. The minimum Gasteiger partial charge on any atom is -0.478 e. The third kappa shape index (κ3) is 5.01. The van der Waals surface area contributed by atoms with Crippen LogP contribution in [-0.4, -0.2) is 53.1 Å². The first-order valence-electron chi connectivity index (χ1n) is 9.76. The van der Waals surface area contributed by atoms with Crippen molar-refractivity contribution < 1.29 is 14.7 Å². The van der Waals surface area contributed by atoms with Crippen molar-refractivity contribution in [1.82, 2.24) is 15.3 Å². The number of carboxylic acids is 1. The molecule has 0 unspecified atom stereocenters. The Hall–Kier alpha value is -3.16. The van der Waals surface area contributed by atoms with Gasteiger partial charge in [-0.2, -0.15) is 4.98 Å². The number of aromatic carboxylic acids is 1. The molecular formula is C21H27N5O3. The molecule has 1 saturated carbocycles. The lowest BCUT2D eigenvalue weighted by Gasteiger charge is -2.30. The average Bonchev–Trinajstić information content (AvgIpc) is 2.70. The molecule has 1 fully saturated rings. The topological polar surface area (TPSA) is 107 Å². The first-order valence-corrected chi connectivity index (χ1v) is 9.76. The molecule has 1 aliphatic carbocycles. The van der Waals surface area contributed by atoms with Gasteiger partial charge in [-0.3, -0.25) is 4.79 Å². The Balaban J connectivity index is 1.55. The summed E-state index contributed by atoms with van der Waals surface area (Å²) in [5, 5.41) is 15.6. The highest BCUT2D eigenvalue weighted by atomic mass is 16.4. The van der Waals surface area contributed by atoms with Gasteiger partial charge < -0.3 is 20.6 Å². The number of nitrogens with one attached hydrogen (secondary N) is 2. The average molecular weight is 397 g/mol. The largest absolute Gasteiger partial charge is 0.478 e. The minimum atomic E-state index is -1.10. The van der Waals surface area contributed by atoms with E-state index in [2.05, 4.69) is 20.6 Å². The number of aromatic nitrogens is 2. The maximum atomic E-state index is 12.5. The molecule has 0 saturated heterocycles. The summed E-state index contributed by atoms with van der Waals surface area (Å²) in [6.45, 7) is 1.98. The van der Waals surface area contributed by atoms with Crippen molar-refractivity contribution in [1.29, 1.82) is 0 Å². The van der Waals surface area contributed by atoms with Crippen LogP contribution in [0.3, 0.4) is 0 Å². The molecule has 2 aromatic rings. The van der Waals surface area contributed by atoms with Crippen LogP contribution in [0.2, 0.25) is 0 Å². The Morgan fingerprint density at radius 1 is 1.07 bits per heavy atom. The van der Waals surface area contributed by atoms with Gasteiger partial charge in [0.1, 0.15) is 5.82 Å². The Bertz CT molecular complexity index is 892. The summed E-state index contributed by atoms with van der Waals surface area (Å²) in [7, 11) is 3.91. The fourth-order valence-corrected chi connectivity index (χ4v) is 3.65. The summed E-state index contributed by atoms with van der Waals surface area (Å²) in [4.78, 5) is 34.8. The third-order valence-electron chi connectivity index (χ3n) is 5.17. The van der Waals surface area contributed by atoms with Crippen molar-refractivity contribution in [3.63, 3.8) is 0 Å². The van der Waals surface area contributed by atoms with Crippen LogP contribution in [0.25, 0.3) is 0 Å². The number of anilines is 2. The smallest absolute Gasteiger partial charge is 0.336 e. The molecule has 1 heterocycles. The van der Waals surface area contributed by atoms with E-state index in [1.807, 2.05) is 32.1 Å². The number of hydrogen-bond acceptors (Lipinski definition) is 6. The number of carbonyl (C=O) groups excluding carboxylic acids is 1. The van der Waals surface area contributed by atoms with E-state index in [-0.39, 0.29) is 29.1 Å². The Morgan fingerprint density at radius 3 is 2.31 bits per heavy atom. The van der Waals surface area contributed by atoms with Crippen LogP contribution in [0.15, 0.2) is 30.5 Å². The van der Waals surface area contributed by atoms with E-state index in [0.29, 0.717) is 5.95 Å². The van der Waals surface area contributed by atoms with Gasteiger partial charge in [0.25, 0.3) is 5.91 Å². The quantitative estimate of drug-likeness (QED) is 0.688. The lowest BCUT2D eigenvalue weighted by molar-refractivity contribution is 0.0690. The van der Waals surface area contributed by atoms with Gasteiger partial charge >= 0.3 is 5.97 Å². The van der Waals surface area contributed by atoms with Crippen LogP contribution in [-0.2, 0) is 0 Å². The summed E-state index contributed by atoms with van der Waals surface area (Å²) in [5.41, 5.74) is 1.24. The molecule has 8 heteroatoms. The molecular weight excluding hydrogens is 370 g/mol. The lowest BCUT2D eigenvalue weighted by atomic mass is 9.91. The van der Waals surface area contributed by atoms with Crippen molar-refractivity contribution >= 4 is 23.6 Å². The van der Waals surface area contributed by atoms with E-state index in [0.717, 1.165) is 37.1 Å². The third-order valence-corrected chi connectivity index (χ3v) is 5.17. The van der Waals surface area contributed by atoms with Gasteiger partial charge in [0, 0.05) is 37.9 Å². The number of benzene rings is 1. The number of carbonyl (C=O) groups is 2. The van der Waals surface area contributed by atoms with E-state index in [1.54, 1.807) is 18.2 Å². The standard InChI is InChI=1S/C21H27N5O3/c1-13-12-22-21(25-18(13)26(2)3)24-15-10-8-14(9-11-15)23-19(27)16-6-4-5-7-17(16)20(28)29/h4-7,12,14-15H,8-11H2,1-3H3,(H,23,27)(H,28,29)(H,22,24,25). The van der Waals surface area contributed by atoms with Crippen LogP contribution in [0.4, 0.5) is 11.8 Å². The fraction of sp³-hybridized carbons (Fsp3) is 0.429. The second kappa shape index (κ2) is 8.89. The summed E-state index contributed by atoms with van der Waals surface area (Å²) in [6, 6.07) is 6.55. The zero-order valence-electron chi connectivity index (χ0n) is 17.0. The second-order valence-electron chi connectivity index (χ2n) is 7.61. The highest BCUT2D eigenvalue weighted by Crippen LogP contribution is 2.23. The minimum absolute atomic E-state index is 0.0218. The van der Waals surface area contributed by atoms with Crippen molar-refractivity contribution in [2.24, 2.45) is 0 Å². The van der Waals surface area contributed by atoms with Crippen LogP contribution < -0.4 is 15.5 Å². The van der Waals surface area contributed by atoms with Crippen molar-refractivity contribution in [3.8, 4) is 0 Å². The lowest BCUT2D eigenvalue weighted by Crippen LogP contribution is -2.40. The van der Waals surface area contributed by atoms with E-state index < -0.39 is 5.97 Å². The number of amides is 1. The summed E-state index contributed by atoms with van der Waals surface area (Å²) >= 11 is 0. The molecule has 0 aliphatic heterocycles. The van der Waals surface area contributed by atoms with Gasteiger partial charge in [-0.1, -0.05) is 12.1 Å².